The predicted molar refractivity (Wildman–Crippen MR) is 67.0 cm³/mol. The lowest BCUT2D eigenvalue weighted by Gasteiger charge is -2.18. The van der Waals surface area contributed by atoms with Crippen LogP contribution >= 0.6 is 0 Å². The molecule has 1 aromatic carbocycles. The highest BCUT2D eigenvalue weighted by Gasteiger charge is 2.32. The lowest BCUT2D eigenvalue weighted by molar-refractivity contribution is -0.133. The molecule has 2 rings (SSSR count). The molecule has 0 aromatic heterocycles. The zero-order chi connectivity index (χ0) is 13.0. The molecule has 1 aliphatic carbocycles. The first-order valence-corrected chi connectivity index (χ1v) is 6.06. The largest absolute Gasteiger partial charge is 0.484 e. The van der Waals surface area contributed by atoms with Gasteiger partial charge in [-0.1, -0.05) is 17.7 Å². The Morgan fingerprint density at radius 1 is 1.44 bits per heavy atom. The number of hydrogen-bond donors (Lipinski definition) is 0. The Kier molecular flexibility index (Phi) is 3.83. The maximum Gasteiger partial charge on any atom is 0.261 e. The molecule has 1 amide bonds. The van der Waals surface area contributed by atoms with Crippen LogP contribution in [0.15, 0.2) is 24.3 Å². The normalized spacial score (nSPS) is 13.8. The molecule has 0 bridgehead atoms. The van der Waals surface area contributed by atoms with Gasteiger partial charge in [-0.2, -0.15) is 5.26 Å². The molecule has 1 saturated carbocycles. The fourth-order valence-electron chi connectivity index (χ4n) is 1.75. The standard InChI is InChI=1S/C14H16N2O2/c1-11-2-6-13(7-3-11)18-10-14(17)16(9-8-15)12-4-5-12/h2-3,6-7,12H,4-5,9-10H2,1H3. The van der Waals surface area contributed by atoms with Gasteiger partial charge >= 0.3 is 0 Å². The van der Waals surface area contributed by atoms with Crippen LogP contribution in [-0.2, 0) is 4.79 Å². The summed E-state index contributed by atoms with van der Waals surface area (Å²) in [5.41, 5.74) is 1.15. The van der Waals surface area contributed by atoms with Crippen molar-refractivity contribution in [1.29, 1.82) is 5.26 Å². The monoisotopic (exact) mass is 244 g/mol. The molecule has 0 atom stereocenters. The van der Waals surface area contributed by atoms with Crippen molar-refractivity contribution in [3.8, 4) is 11.8 Å². The van der Waals surface area contributed by atoms with E-state index in [9.17, 15) is 4.79 Å². The summed E-state index contributed by atoms with van der Waals surface area (Å²) in [7, 11) is 0. The zero-order valence-electron chi connectivity index (χ0n) is 10.4. The van der Waals surface area contributed by atoms with Gasteiger partial charge in [0.1, 0.15) is 12.3 Å². The van der Waals surface area contributed by atoms with Gasteiger partial charge < -0.3 is 9.64 Å². The summed E-state index contributed by atoms with van der Waals surface area (Å²) in [6.07, 6.45) is 2.00. The van der Waals surface area contributed by atoms with E-state index in [1.54, 1.807) is 4.90 Å². The van der Waals surface area contributed by atoms with Crippen LogP contribution in [0, 0.1) is 18.3 Å². The van der Waals surface area contributed by atoms with Crippen LogP contribution in [0.5, 0.6) is 5.75 Å². The first-order chi connectivity index (χ1) is 8.70. The fraction of sp³-hybridized carbons (Fsp3) is 0.429. The molecule has 18 heavy (non-hydrogen) atoms. The summed E-state index contributed by atoms with van der Waals surface area (Å²) in [5, 5.41) is 8.69. The number of ether oxygens (including phenoxy) is 1. The molecular weight excluding hydrogens is 228 g/mol. The van der Waals surface area contributed by atoms with Crippen LogP contribution in [0.4, 0.5) is 0 Å². The third-order valence-electron chi connectivity index (χ3n) is 2.93. The smallest absolute Gasteiger partial charge is 0.261 e. The lowest BCUT2D eigenvalue weighted by Crippen LogP contribution is -2.37. The van der Waals surface area contributed by atoms with Crippen molar-refractivity contribution in [3.05, 3.63) is 29.8 Å². The summed E-state index contributed by atoms with van der Waals surface area (Å²) in [5.74, 6) is 0.571. The van der Waals surface area contributed by atoms with Crippen LogP contribution < -0.4 is 4.74 Å². The summed E-state index contributed by atoms with van der Waals surface area (Å²) in [4.78, 5) is 13.5. The molecule has 0 aliphatic heterocycles. The highest BCUT2D eigenvalue weighted by atomic mass is 16.5. The topological polar surface area (TPSA) is 53.3 Å². The molecule has 0 saturated heterocycles. The molecule has 0 N–H and O–H groups in total. The van der Waals surface area contributed by atoms with E-state index in [2.05, 4.69) is 0 Å². The third kappa shape index (κ3) is 3.24. The number of rotatable bonds is 5. The molecule has 0 spiro atoms. The highest BCUT2D eigenvalue weighted by molar-refractivity contribution is 5.78. The maximum atomic E-state index is 11.9. The minimum Gasteiger partial charge on any atom is -0.484 e. The van der Waals surface area contributed by atoms with Crippen molar-refractivity contribution in [2.45, 2.75) is 25.8 Å². The third-order valence-corrected chi connectivity index (χ3v) is 2.93. The SMILES string of the molecule is Cc1ccc(OCC(=O)N(CC#N)C2CC2)cc1. The van der Waals surface area contributed by atoms with Crippen molar-refractivity contribution < 1.29 is 9.53 Å². The first kappa shape index (κ1) is 12.4. The van der Waals surface area contributed by atoms with E-state index in [0.29, 0.717) is 5.75 Å². The zero-order valence-corrected chi connectivity index (χ0v) is 10.4. The number of amides is 1. The molecule has 1 aromatic rings. The Morgan fingerprint density at radius 3 is 2.67 bits per heavy atom. The molecule has 1 aliphatic rings. The summed E-state index contributed by atoms with van der Waals surface area (Å²) in [6.45, 7) is 2.15. The molecule has 4 heteroatoms. The van der Waals surface area contributed by atoms with Crippen molar-refractivity contribution in [2.75, 3.05) is 13.2 Å². The summed E-state index contributed by atoms with van der Waals surface area (Å²) < 4.78 is 5.43. The Morgan fingerprint density at radius 2 is 2.11 bits per heavy atom. The Hall–Kier alpha value is -2.02. The van der Waals surface area contributed by atoms with Crippen LogP contribution in [0.3, 0.4) is 0 Å². The van der Waals surface area contributed by atoms with E-state index in [1.165, 1.54) is 0 Å². The van der Waals surface area contributed by atoms with Crippen molar-refractivity contribution >= 4 is 5.91 Å². The lowest BCUT2D eigenvalue weighted by atomic mass is 10.2. The molecule has 94 valence electrons. The number of aryl methyl sites for hydroxylation is 1. The Bertz CT molecular complexity index is 458. The van der Waals surface area contributed by atoms with E-state index in [0.717, 1.165) is 18.4 Å². The van der Waals surface area contributed by atoms with E-state index >= 15 is 0 Å². The van der Waals surface area contributed by atoms with E-state index in [1.807, 2.05) is 37.3 Å². The average Bonchev–Trinajstić information content (AvgIpc) is 3.19. The number of benzene rings is 1. The Labute approximate surface area is 107 Å². The second-order valence-corrected chi connectivity index (χ2v) is 4.51. The van der Waals surface area contributed by atoms with Gasteiger partial charge in [0.15, 0.2) is 6.61 Å². The van der Waals surface area contributed by atoms with Gasteiger partial charge in [-0.3, -0.25) is 4.79 Å². The number of carbonyl (C=O) groups excluding carboxylic acids is 1. The van der Waals surface area contributed by atoms with Gasteiger partial charge in [0, 0.05) is 6.04 Å². The second-order valence-electron chi connectivity index (χ2n) is 4.51. The van der Waals surface area contributed by atoms with Gasteiger partial charge in [0.2, 0.25) is 0 Å². The highest BCUT2D eigenvalue weighted by Crippen LogP contribution is 2.26. The summed E-state index contributed by atoms with van der Waals surface area (Å²) in [6, 6.07) is 9.83. The average molecular weight is 244 g/mol. The number of nitrogens with zero attached hydrogens (tertiary/aromatic N) is 2. The van der Waals surface area contributed by atoms with Crippen molar-refractivity contribution in [2.24, 2.45) is 0 Å². The van der Waals surface area contributed by atoms with Gasteiger partial charge in [-0.05, 0) is 31.9 Å². The van der Waals surface area contributed by atoms with Crippen LogP contribution in [0.2, 0.25) is 0 Å². The second kappa shape index (κ2) is 5.54. The quantitative estimate of drug-likeness (QED) is 0.743. The first-order valence-electron chi connectivity index (χ1n) is 6.06. The van der Waals surface area contributed by atoms with Gasteiger partial charge in [0.05, 0.1) is 6.07 Å². The molecule has 0 heterocycles. The minimum atomic E-state index is -0.111. The molecule has 0 unspecified atom stereocenters. The Balaban J connectivity index is 1.87. The molecule has 1 fully saturated rings. The van der Waals surface area contributed by atoms with Crippen molar-refractivity contribution in [1.82, 2.24) is 4.90 Å². The van der Waals surface area contributed by atoms with E-state index in [4.69, 9.17) is 10.00 Å². The van der Waals surface area contributed by atoms with Crippen molar-refractivity contribution in [3.63, 3.8) is 0 Å². The van der Waals surface area contributed by atoms with Crippen LogP contribution in [0.1, 0.15) is 18.4 Å². The fourth-order valence-corrected chi connectivity index (χ4v) is 1.75. The molecular formula is C14H16N2O2. The maximum absolute atomic E-state index is 11.9. The molecule has 0 radical (unpaired) electrons. The number of nitriles is 1. The molecule has 4 nitrogen and oxygen atoms in total. The van der Waals surface area contributed by atoms with Gasteiger partial charge in [-0.15, -0.1) is 0 Å². The summed E-state index contributed by atoms with van der Waals surface area (Å²) >= 11 is 0. The van der Waals surface area contributed by atoms with E-state index < -0.39 is 0 Å². The van der Waals surface area contributed by atoms with Crippen LogP contribution in [0.25, 0.3) is 0 Å². The van der Waals surface area contributed by atoms with Gasteiger partial charge in [-0.25, -0.2) is 0 Å². The van der Waals surface area contributed by atoms with E-state index in [-0.39, 0.29) is 25.1 Å². The van der Waals surface area contributed by atoms with Gasteiger partial charge in [0.25, 0.3) is 5.91 Å². The predicted octanol–water partition coefficient (Wildman–Crippen LogP) is 1.89. The van der Waals surface area contributed by atoms with Crippen LogP contribution in [-0.4, -0.2) is 30.0 Å². The number of carbonyl (C=O) groups is 1. The minimum absolute atomic E-state index is 0.00123. The number of hydrogen-bond acceptors (Lipinski definition) is 3.